The summed E-state index contributed by atoms with van der Waals surface area (Å²) in [4.78, 5) is 4.74. The normalized spacial score (nSPS) is 17.3. The topological polar surface area (TPSA) is 63.5 Å². The van der Waals surface area contributed by atoms with E-state index in [0.717, 1.165) is 27.9 Å². The molecule has 2 aromatic carbocycles. The number of aromatic nitrogens is 1. The van der Waals surface area contributed by atoms with Crippen molar-refractivity contribution >= 4 is 26.8 Å². The average Bonchev–Trinajstić information content (AvgIpc) is 3.18. The molecule has 0 spiro atoms. The van der Waals surface area contributed by atoms with Gasteiger partial charge in [0, 0.05) is 17.1 Å². The van der Waals surface area contributed by atoms with Crippen LogP contribution in [0.5, 0.6) is 0 Å². The molecule has 0 bridgehead atoms. The van der Waals surface area contributed by atoms with Crippen LogP contribution in [0.25, 0.3) is 10.9 Å². The van der Waals surface area contributed by atoms with E-state index < -0.39 is 10.0 Å². The Morgan fingerprint density at radius 2 is 1.88 bits per heavy atom. The van der Waals surface area contributed by atoms with Gasteiger partial charge in [0.05, 0.1) is 28.8 Å². The standard InChI is InChI=1S/C20H21N3O2S/c1-13-8-9-19-16(10-13)17(18-11-21-15(3)22-18)12-23(19)26(24,25)20-7-5-4-6-14(20)2/h4-10,12,18H,11H2,1-3H3,(H,21,22). The minimum absolute atomic E-state index is 0.00683. The molecule has 0 aliphatic carbocycles. The molecule has 1 aliphatic heterocycles. The number of hydrogen-bond donors (Lipinski definition) is 1. The zero-order valence-corrected chi connectivity index (χ0v) is 15.8. The van der Waals surface area contributed by atoms with Crippen LogP contribution in [0.3, 0.4) is 0 Å². The molecule has 1 unspecified atom stereocenters. The highest BCUT2D eigenvalue weighted by atomic mass is 32.2. The third kappa shape index (κ3) is 2.61. The summed E-state index contributed by atoms with van der Waals surface area (Å²) in [6.07, 6.45) is 1.75. The van der Waals surface area contributed by atoms with Crippen LogP contribution in [0.2, 0.25) is 0 Å². The summed E-state index contributed by atoms with van der Waals surface area (Å²) in [5, 5.41) is 4.29. The van der Waals surface area contributed by atoms with Gasteiger partial charge in [0.15, 0.2) is 0 Å². The van der Waals surface area contributed by atoms with E-state index in [2.05, 4.69) is 10.3 Å². The number of benzene rings is 2. The van der Waals surface area contributed by atoms with E-state index in [-0.39, 0.29) is 6.04 Å². The van der Waals surface area contributed by atoms with E-state index in [1.807, 2.05) is 51.1 Å². The maximum absolute atomic E-state index is 13.4. The molecule has 134 valence electrons. The van der Waals surface area contributed by atoms with Gasteiger partial charge < -0.3 is 5.32 Å². The van der Waals surface area contributed by atoms with E-state index in [0.29, 0.717) is 17.0 Å². The number of nitrogens with zero attached hydrogens (tertiary/aromatic N) is 2. The predicted octanol–water partition coefficient (Wildman–Crippen LogP) is 3.56. The summed E-state index contributed by atoms with van der Waals surface area (Å²) in [6.45, 7) is 6.37. The van der Waals surface area contributed by atoms with Crippen LogP contribution in [-0.2, 0) is 10.0 Å². The fourth-order valence-corrected chi connectivity index (χ4v) is 5.12. The lowest BCUT2D eigenvalue weighted by atomic mass is 10.0. The van der Waals surface area contributed by atoms with Crippen molar-refractivity contribution in [2.75, 3.05) is 6.54 Å². The second-order valence-electron chi connectivity index (χ2n) is 6.79. The van der Waals surface area contributed by atoms with Crippen molar-refractivity contribution in [3.8, 4) is 0 Å². The van der Waals surface area contributed by atoms with Crippen LogP contribution in [0.1, 0.15) is 29.7 Å². The Morgan fingerprint density at radius 3 is 2.58 bits per heavy atom. The molecule has 0 saturated carbocycles. The Balaban J connectivity index is 1.95. The van der Waals surface area contributed by atoms with E-state index in [4.69, 9.17) is 0 Å². The number of hydrogen-bond acceptors (Lipinski definition) is 4. The van der Waals surface area contributed by atoms with Crippen LogP contribution >= 0.6 is 0 Å². The molecule has 6 heteroatoms. The molecule has 1 atom stereocenters. The Morgan fingerprint density at radius 1 is 1.12 bits per heavy atom. The molecule has 1 aliphatic rings. The lowest BCUT2D eigenvalue weighted by Gasteiger charge is -2.10. The van der Waals surface area contributed by atoms with Gasteiger partial charge in [-0.15, -0.1) is 0 Å². The van der Waals surface area contributed by atoms with Crippen molar-refractivity contribution in [3.05, 3.63) is 65.4 Å². The minimum Gasteiger partial charge on any atom is -0.365 e. The fourth-order valence-electron chi connectivity index (χ4n) is 3.51. The first-order valence-electron chi connectivity index (χ1n) is 8.58. The number of nitrogens with one attached hydrogen (secondary N) is 1. The van der Waals surface area contributed by atoms with Crippen LogP contribution in [0.15, 0.2) is 58.5 Å². The maximum atomic E-state index is 13.4. The SMILES string of the molecule is CC1=NCC(c2cn(S(=O)(=O)c3ccccc3C)c3ccc(C)cc23)N1. The minimum atomic E-state index is -3.68. The lowest BCUT2D eigenvalue weighted by Crippen LogP contribution is -2.20. The number of amidine groups is 1. The average molecular weight is 367 g/mol. The number of aryl methyl sites for hydroxylation is 2. The third-order valence-electron chi connectivity index (χ3n) is 4.86. The molecular formula is C20H21N3O2S. The van der Waals surface area contributed by atoms with Gasteiger partial charge in [-0.2, -0.15) is 0 Å². The molecule has 0 fully saturated rings. The zero-order valence-electron chi connectivity index (χ0n) is 15.0. The van der Waals surface area contributed by atoms with Crippen molar-refractivity contribution in [2.24, 2.45) is 4.99 Å². The molecule has 0 radical (unpaired) electrons. The molecule has 5 nitrogen and oxygen atoms in total. The summed E-state index contributed by atoms with van der Waals surface area (Å²) in [6, 6.07) is 12.9. The quantitative estimate of drug-likeness (QED) is 0.770. The van der Waals surface area contributed by atoms with Gasteiger partial charge >= 0.3 is 0 Å². The van der Waals surface area contributed by atoms with Crippen molar-refractivity contribution in [3.63, 3.8) is 0 Å². The summed E-state index contributed by atoms with van der Waals surface area (Å²) in [5.41, 5.74) is 3.49. The summed E-state index contributed by atoms with van der Waals surface area (Å²) in [7, 11) is -3.68. The van der Waals surface area contributed by atoms with Gasteiger partial charge in [-0.1, -0.05) is 29.8 Å². The van der Waals surface area contributed by atoms with Crippen LogP contribution in [-0.4, -0.2) is 24.8 Å². The van der Waals surface area contributed by atoms with Crippen molar-refractivity contribution in [2.45, 2.75) is 31.7 Å². The summed E-state index contributed by atoms with van der Waals surface area (Å²) < 4.78 is 28.1. The molecule has 1 aromatic heterocycles. The van der Waals surface area contributed by atoms with Crippen molar-refractivity contribution in [1.29, 1.82) is 0 Å². The highest BCUT2D eigenvalue weighted by molar-refractivity contribution is 7.90. The zero-order chi connectivity index (χ0) is 18.5. The molecule has 0 amide bonds. The molecular weight excluding hydrogens is 346 g/mol. The Bertz CT molecular complexity index is 1140. The molecule has 0 saturated heterocycles. The van der Waals surface area contributed by atoms with Gasteiger partial charge in [0.1, 0.15) is 0 Å². The van der Waals surface area contributed by atoms with Crippen molar-refractivity contribution < 1.29 is 8.42 Å². The van der Waals surface area contributed by atoms with Crippen LogP contribution in [0.4, 0.5) is 0 Å². The largest absolute Gasteiger partial charge is 0.365 e. The van der Waals surface area contributed by atoms with Gasteiger partial charge in [-0.25, -0.2) is 12.4 Å². The molecule has 1 N–H and O–H groups in total. The number of rotatable bonds is 3. The van der Waals surface area contributed by atoms with Crippen LogP contribution < -0.4 is 5.32 Å². The highest BCUT2D eigenvalue weighted by Crippen LogP contribution is 2.32. The van der Waals surface area contributed by atoms with E-state index in [9.17, 15) is 8.42 Å². The Kier molecular flexibility index (Phi) is 3.88. The second kappa shape index (κ2) is 5.99. The molecule has 4 rings (SSSR count). The fraction of sp³-hybridized carbons (Fsp3) is 0.250. The first kappa shape index (κ1) is 16.8. The number of aliphatic imine (C=N–C) groups is 1. The highest BCUT2D eigenvalue weighted by Gasteiger charge is 2.27. The van der Waals surface area contributed by atoms with Gasteiger partial charge in [0.2, 0.25) is 0 Å². The first-order valence-corrected chi connectivity index (χ1v) is 10.0. The van der Waals surface area contributed by atoms with Gasteiger partial charge in [0.25, 0.3) is 10.0 Å². The summed E-state index contributed by atoms with van der Waals surface area (Å²) in [5.74, 6) is 0.880. The third-order valence-corrected chi connectivity index (χ3v) is 6.69. The Labute approximate surface area is 153 Å². The second-order valence-corrected chi connectivity index (χ2v) is 8.58. The van der Waals surface area contributed by atoms with E-state index in [1.165, 1.54) is 3.97 Å². The lowest BCUT2D eigenvalue weighted by molar-refractivity contribution is 0.588. The molecule has 26 heavy (non-hydrogen) atoms. The molecule has 2 heterocycles. The first-order chi connectivity index (χ1) is 12.4. The van der Waals surface area contributed by atoms with Gasteiger partial charge in [-0.3, -0.25) is 4.99 Å². The summed E-state index contributed by atoms with van der Waals surface area (Å²) >= 11 is 0. The maximum Gasteiger partial charge on any atom is 0.268 e. The Hall–Kier alpha value is -2.60. The predicted molar refractivity (Wildman–Crippen MR) is 104 cm³/mol. The van der Waals surface area contributed by atoms with Gasteiger partial charge in [-0.05, 0) is 44.5 Å². The van der Waals surface area contributed by atoms with Crippen LogP contribution in [0, 0.1) is 13.8 Å². The van der Waals surface area contributed by atoms with Crippen molar-refractivity contribution in [1.82, 2.24) is 9.29 Å². The molecule has 3 aromatic rings. The smallest absolute Gasteiger partial charge is 0.268 e. The van der Waals surface area contributed by atoms with E-state index >= 15 is 0 Å². The number of fused-ring (bicyclic) bond motifs is 1. The monoisotopic (exact) mass is 367 g/mol. The van der Waals surface area contributed by atoms with E-state index in [1.54, 1.807) is 18.3 Å².